The largest absolute Gasteiger partial charge is 0.456 e. The van der Waals surface area contributed by atoms with E-state index in [4.69, 9.17) is 9.73 Å². The molecule has 3 heteroatoms. The molecule has 0 bridgehead atoms. The van der Waals surface area contributed by atoms with E-state index in [-0.39, 0.29) is 12.0 Å². The molecule has 3 rings (SSSR count). The van der Waals surface area contributed by atoms with E-state index < -0.39 is 5.60 Å². The van der Waals surface area contributed by atoms with E-state index in [9.17, 15) is 4.79 Å². The van der Waals surface area contributed by atoms with Crippen molar-refractivity contribution in [2.45, 2.75) is 39.3 Å². The van der Waals surface area contributed by atoms with Gasteiger partial charge in [-0.05, 0) is 45.4 Å². The van der Waals surface area contributed by atoms with Crippen molar-refractivity contribution >= 4 is 11.7 Å². The number of rotatable bonds is 5. The first-order valence-electron chi connectivity index (χ1n) is 9.85. The van der Waals surface area contributed by atoms with Crippen molar-refractivity contribution in [3.8, 4) is 0 Å². The molecule has 0 radical (unpaired) electrons. The molecule has 0 saturated carbocycles. The first-order chi connectivity index (χ1) is 13.8. The van der Waals surface area contributed by atoms with Gasteiger partial charge >= 0.3 is 5.97 Å². The van der Waals surface area contributed by atoms with Gasteiger partial charge in [0.05, 0.1) is 17.3 Å². The monoisotopic (exact) mass is 385 g/mol. The third kappa shape index (κ3) is 5.64. The van der Waals surface area contributed by atoms with Crippen LogP contribution in [0.1, 0.15) is 60.8 Å². The maximum Gasteiger partial charge on any atom is 0.338 e. The van der Waals surface area contributed by atoms with E-state index in [1.807, 2.05) is 69.3 Å². The van der Waals surface area contributed by atoms with Crippen LogP contribution in [0, 0.1) is 0 Å². The molecule has 0 aliphatic carbocycles. The van der Waals surface area contributed by atoms with Gasteiger partial charge in [0, 0.05) is 11.1 Å². The minimum absolute atomic E-state index is 0.0573. The maximum absolute atomic E-state index is 12.2. The van der Waals surface area contributed by atoms with Crippen molar-refractivity contribution in [2.24, 2.45) is 4.99 Å². The van der Waals surface area contributed by atoms with E-state index in [1.165, 1.54) is 0 Å². The number of hydrogen-bond donors (Lipinski definition) is 0. The number of benzene rings is 3. The van der Waals surface area contributed by atoms with Crippen molar-refractivity contribution in [2.75, 3.05) is 0 Å². The highest BCUT2D eigenvalue weighted by Crippen LogP contribution is 2.22. The quantitative estimate of drug-likeness (QED) is 0.385. The van der Waals surface area contributed by atoms with E-state index in [2.05, 4.69) is 31.2 Å². The lowest BCUT2D eigenvalue weighted by Crippen LogP contribution is -2.23. The molecule has 0 heterocycles. The zero-order chi connectivity index (χ0) is 20.9. The van der Waals surface area contributed by atoms with Crippen LogP contribution in [0.5, 0.6) is 0 Å². The lowest BCUT2D eigenvalue weighted by Gasteiger charge is -2.19. The highest BCUT2D eigenvalue weighted by molar-refractivity contribution is 6.13. The molecule has 1 atom stereocenters. The Bertz CT molecular complexity index is 927. The van der Waals surface area contributed by atoms with Gasteiger partial charge in [-0.2, -0.15) is 0 Å². The summed E-state index contributed by atoms with van der Waals surface area (Å²) >= 11 is 0. The normalized spacial score (nSPS) is 12.1. The average Bonchev–Trinajstić information content (AvgIpc) is 2.72. The highest BCUT2D eigenvalue weighted by atomic mass is 16.6. The minimum Gasteiger partial charge on any atom is -0.456 e. The van der Waals surface area contributed by atoms with Crippen molar-refractivity contribution < 1.29 is 9.53 Å². The third-order valence-corrected chi connectivity index (χ3v) is 4.44. The van der Waals surface area contributed by atoms with Gasteiger partial charge in [-0.3, -0.25) is 4.99 Å². The summed E-state index contributed by atoms with van der Waals surface area (Å²) in [5.74, 6) is -0.311. The number of aliphatic imine (C=N–C) groups is 1. The van der Waals surface area contributed by atoms with Gasteiger partial charge in [0.2, 0.25) is 0 Å². The Balaban J connectivity index is 1.88. The molecular weight excluding hydrogens is 358 g/mol. The SMILES string of the molecule is CC(N=C(c1ccccc1)c1ccccc1)c1ccc(C(=O)OC(C)(C)C)cc1. The van der Waals surface area contributed by atoms with Crippen LogP contribution in [-0.2, 0) is 4.74 Å². The van der Waals surface area contributed by atoms with Gasteiger partial charge in [-0.15, -0.1) is 0 Å². The Morgan fingerprint density at radius 2 is 1.24 bits per heavy atom. The molecule has 148 valence electrons. The molecule has 0 aliphatic heterocycles. The predicted molar refractivity (Wildman–Crippen MR) is 119 cm³/mol. The van der Waals surface area contributed by atoms with Gasteiger partial charge in [0.25, 0.3) is 0 Å². The molecule has 3 nitrogen and oxygen atoms in total. The molecule has 29 heavy (non-hydrogen) atoms. The minimum atomic E-state index is -0.506. The number of esters is 1. The number of carbonyl (C=O) groups is 1. The van der Waals surface area contributed by atoms with E-state index >= 15 is 0 Å². The van der Waals surface area contributed by atoms with E-state index in [0.29, 0.717) is 5.56 Å². The van der Waals surface area contributed by atoms with Crippen LogP contribution in [0.4, 0.5) is 0 Å². The van der Waals surface area contributed by atoms with Crippen LogP contribution in [-0.4, -0.2) is 17.3 Å². The lowest BCUT2D eigenvalue weighted by atomic mass is 10.0. The molecule has 0 aliphatic rings. The van der Waals surface area contributed by atoms with Crippen molar-refractivity contribution in [1.82, 2.24) is 0 Å². The number of hydrogen-bond acceptors (Lipinski definition) is 3. The fourth-order valence-electron chi connectivity index (χ4n) is 3.01. The topological polar surface area (TPSA) is 38.7 Å². The van der Waals surface area contributed by atoms with Crippen LogP contribution in [0.25, 0.3) is 0 Å². The Morgan fingerprint density at radius 1 is 0.759 bits per heavy atom. The predicted octanol–water partition coefficient (Wildman–Crippen LogP) is 6.24. The second-order valence-corrected chi connectivity index (χ2v) is 8.01. The highest BCUT2D eigenvalue weighted by Gasteiger charge is 2.18. The Labute approximate surface area is 173 Å². The molecule has 3 aromatic rings. The zero-order valence-corrected chi connectivity index (χ0v) is 17.4. The molecule has 0 fully saturated rings. The molecule has 1 unspecified atom stereocenters. The third-order valence-electron chi connectivity index (χ3n) is 4.44. The summed E-state index contributed by atoms with van der Waals surface area (Å²) in [4.78, 5) is 17.3. The first-order valence-corrected chi connectivity index (χ1v) is 9.85. The summed E-state index contributed by atoms with van der Waals surface area (Å²) < 4.78 is 5.44. The number of ether oxygens (including phenoxy) is 1. The fourth-order valence-corrected chi connectivity index (χ4v) is 3.01. The molecule has 0 spiro atoms. The van der Waals surface area contributed by atoms with E-state index in [1.54, 1.807) is 12.1 Å². The summed E-state index contributed by atoms with van der Waals surface area (Å²) in [6.45, 7) is 7.66. The maximum atomic E-state index is 12.2. The summed E-state index contributed by atoms with van der Waals surface area (Å²) in [6.07, 6.45) is 0. The average molecular weight is 386 g/mol. The summed E-state index contributed by atoms with van der Waals surface area (Å²) in [5, 5.41) is 0. The van der Waals surface area contributed by atoms with Crippen LogP contribution >= 0.6 is 0 Å². The molecule has 0 saturated heterocycles. The second-order valence-electron chi connectivity index (χ2n) is 8.01. The Morgan fingerprint density at radius 3 is 1.69 bits per heavy atom. The van der Waals surface area contributed by atoms with Crippen molar-refractivity contribution in [3.05, 3.63) is 107 Å². The molecule has 0 aromatic heterocycles. The van der Waals surface area contributed by atoms with Crippen molar-refractivity contribution in [3.63, 3.8) is 0 Å². The van der Waals surface area contributed by atoms with Crippen LogP contribution < -0.4 is 0 Å². The second kappa shape index (κ2) is 8.87. The molecule has 0 N–H and O–H groups in total. The Kier molecular flexibility index (Phi) is 6.28. The summed E-state index contributed by atoms with van der Waals surface area (Å²) in [6, 6.07) is 27.8. The lowest BCUT2D eigenvalue weighted by molar-refractivity contribution is 0.00695. The van der Waals surface area contributed by atoms with E-state index in [0.717, 1.165) is 22.4 Å². The number of nitrogens with zero attached hydrogens (tertiary/aromatic N) is 1. The smallest absolute Gasteiger partial charge is 0.338 e. The molecule has 3 aromatic carbocycles. The van der Waals surface area contributed by atoms with Gasteiger partial charge in [-0.1, -0.05) is 72.8 Å². The van der Waals surface area contributed by atoms with Crippen molar-refractivity contribution in [1.29, 1.82) is 0 Å². The van der Waals surface area contributed by atoms with Crippen LogP contribution in [0.2, 0.25) is 0 Å². The molecule has 0 amide bonds. The van der Waals surface area contributed by atoms with Gasteiger partial charge < -0.3 is 4.74 Å². The molecular formula is C26H27NO2. The van der Waals surface area contributed by atoms with Gasteiger partial charge in [0.15, 0.2) is 0 Å². The Hall–Kier alpha value is -3.20. The summed E-state index contributed by atoms with van der Waals surface area (Å²) in [5.41, 5.74) is 4.20. The van der Waals surface area contributed by atoms with Gasteiger partial charge in [-0.25, -0.2) is 4.79 Å². The number of carbonyl (C=O) groups excluding carboxylic acids is 1. The fraction of sp³-hybridized carbons (Fsp3) is 0.231. The standard InChI is InChI=1S/C26H27NO2/c1-19(20-15-17-23(18-16-20)25(28)29-26(2,3)4)27-24(21-11-7-5-8-12-21)22-13-9-6-10-14-22/h5-19H,1-4H3. The van der Waals surface area contributed by atoms with Crippen LogP contribution in [0.3, 0.4) is 0 Å². The zero-order valence-electron chi connectivity index (χ0n) is 17.4. The van der Waals surface area contributed by atoms with Gasteiger partial charge in [0.1, 0.15) is 5.60 Å². The first kappa shape index (κ1) is 20.5. The van der Waals surface area contributed by atoms with Crippen LogP contribution in [0.15, 0.2) is 89.9 Å². The summed E-state index contributed by atoms with van der Waals surface area (Å²) in [7, 11) is 0.